The van der Waals surface area contributed by atoms with Gasteiger partial charge in [0, 0.05) is 5.41 Å². The zero-order valence-corrected chi connectivity index (χ0v) is 6.26. The molecule has 0 bridgehead atoms. The molecule has 1 aliphatic rings. The molecular formula is C8H13NO. The topological polar surface area (TPSA) is 43.1 Å². The Labute approximate surface area is 61.1 Å². The standard InChI is InChI=1S/C8H13NO/c1-8(7(9)10)5-3-2-4-6-8/h2-3H,4-6H2,1H3,(H2,9,10)/t8-/m1/s1. The second kappa shape index (κ2) is 2.45. The van der Waals surface area contributed by atoms with Crippen molar-refractivity contribution in [3.05, 3.63) is 12.2 Å². The van der Waals surface area contributed by atoms with Gasteiger partial charge in [0.1, 0.15) is 0 Å². The maximum atomic E-state index is 10.9. The lowest BCUT2D eigenvalue weighted by atomic mass is 9.78. The Morgan fingerprint density at radius 1 is 1.60 bits per heavy atom. The second-order valence-electron chi connectivity index (χ2n) is 3.14. The highest BCUT2D eigenvalue weighted by atomic mass is 16.1. The third-order valence-corrected chi connectivity index (χ3v) is 2.19. The average molecular weight is 139 g/mol. The van der Waals surface area contributed by atoms with E-state index in [0.29, 0.717) is 0 Å². The quantitative estimate of drug-likeness (QED) is 0.545. The molecule has 0 saturated heterocycles. The molecule has 1 atom stereocenters. The molecular weight excluding hydrogens is 126 g/mol. The van der Waals surface area contributed by atoms with Gasteiger partial charge in [0.05, 0.1) is 0 Å². The van der Waals surface area contributed by atoms with Crippen LogP contribution in [0.25, 0.3) is 0 Å². The van der Waals surface area contributed by atoms with E-state index in [-0.39, 0.29) is 11.3 Å². The zero-order valence-electron chi connectivity index (χ0n) is 6.26. The van der Waals surface area contributed by atoms with E-state index in [1.165, 1.54) is 0 Å². The Balaban J connectivity index is 2.68. The van der Waals surface area contributed by atoms with Crippen molar-refractivity contribution >= 4 is 5.91 Å². The van der Waals surface area contributed by atoms with Crippen molar-refractivity contribution < 1.29 is 4.79 Å². The van der Waals surface area contributed by atoms with Crippen LogP contribution in [-0.2, 0) is 4.79 Å². The summed E-state index contributed by atoms with van der Waals surface area (Å²) in [6.07, 6.45) is 6.83. The van der Waals surface area contributed by atoms with Crippen LogP contribution < -0.4 is 5.73 Å². The summed E-state index contributed by atoms with van der Waals surface area (Å²) >= 11 is 0. The van der Waals surface area contributed by atoms with Gasteiger partial charge in [0.15, 0.2) is 0 Å². The van der Waals surface area contributed by atoms with E-state index in [1.54, 1.807) is 0 Å². The average Bonchev–Trinajstić information content (AvgIpc) is 1.89. The molecule has 2 nitrogen and oxygen atoms in total. The van der Waals surface area contributed by atoms with Crippen LogP contribution in [0.2, 0.25) is 0 Å². The molecule has 56 valence electrons. The molecule has 1 rings (SSSR count). The Morgan fingerprint density at radius 3 is 2.60 bits per heavy atom. The SMILES string of the molecule is C[C@@]1(C(N)=O)CC=CCC1. The van der Waals surface area contributed by atoms with Gasteiger partial charge in [-0.2, -0.15) is 0 Å². The summed E-state index contributed by atoms with van der Waals surface area (Å²) in [6.45, 7) is 1.93. The Bertz CT molecular complexity index is 174. The van der Waals surface area contributed by atoms with E-state index in [2.05, 4.69) is 6.08 Å². The Morgan fingerprint density at radius 2 is 2.30 bits per heavy atom. The summed E-state index contributed by atoms with van der Waals surface area (Å²) in [4.78, 5) is 10.9. The first-order valence-corrected chi connectivity index (χ1v) is 3.60. The molecule has 0 unspecified atom stereocenters. The largest absolute Gasteiger partial charge is 0.369 e. The van der Waals surface area contributed by atoms with Gasteiger partial charge in [-0.3, -0.25) is 4.79 Å². The monoisotopic (exact) mass is 139 g/mol. The van der Waals surface area contributed by atoms with E-state index in [4.69, 9.17) is 5.73 Å². The molecule has 0 spiro atoms. The highest BCUT2D eigenvalue weighted by Gasteiger charge is 2.30. The molecule has 2 N–H and O–H groups in total. The van der Waals surface area contributed by atoms with Gasteiger partial charge in [-0.1, -0.05) is 19.1 Å². The minimum Gasteiger partial charge on any atom is -0.369 e. The molecule has 1 amide bonds. The number of rotatable bonds is 1. The maximum Gasteiger partial charge on any atom is 0.223 e. The van der Waals surface area contributed by atoms with Crippen molar-refractivity contribution in [2.24, 2.45) is 11.1 Å². The van der Waals surface area contributed by atoms with Gasteiger partial charge < -0.3 is 5.73 Å². The van der Waals surface area contributed by atoms with E-state index < -0.39 is 0 Å². The summed E-state index contributed by atoms with van der Waals surface area (Å²) in [6, 6.07) is 0. The van der Waals surface area contributed by atoms with Crippen LogP contribution in [0.4, 0.5) is 0 Å². The summed E-state index contributed by atoms with van der Waals surface area (Å²) in [5.74, 6) is -0.170. The molecule has 1 aliphatic carbocycles. The number of carbonyl (C=O) groups is 1. The lowest BCUT2D eigenvalue weighted by Crippen LogP contribution is -2.34. The summed E-state index contributed by atoms with van der Waals surface area (Å²) in [5, 5.41) is 0. The van der Waals surface area contributed by atoms with Crippen LogP contribution in [0.15, 0.2) is 12.2 Å². The smallest absolute Gasteiger partial charge is 0.223 e. The lowest BCUT2D eigenvalue weighted by Gasteiger charge is -2.26. The summed E-state index contributed by atoms with van der Waals surface area (Å²) in [7, 11) is 0. The van der Waals surface area contributed by atoms with Crippen LogP contribution in [0.5, 0.6) is 0 Å². The molecule has 0 aromatic heterocycles. The van der Waals surface area contributed by atoms with Crippen LogP contribution >= 0.6 is 0 Å². The van der Waals surface area contributed by atoms with E-state index >= 15 is 0 Å². The van der Waals surface area contributed by atoms with Gasteiger partial charge in [0.25, 0.3) is 0 Å². The molecule has 0 radical (unpaired) electrons. The van der Waals surface area contributed by atoms with Crippen LogP contribution in [0.1, 0.15) is 26.2 Å². The van der Waals surface area contributed by atoms with Gasteiger partial charge >= 0.3 is 0 Å². The molecule has 0 aliphatic heterocycles. The number of hydrogen-bond donors (Lipinski definition) is 1. The van der Waals surface area contributed by atoms with Crippen LogP contribution in [-0.4, -0.2) is 5.91 Å². The molecule has 10 heavy (non-hydrogen) atoms. The van der Waals surface area contributed by atoms with E-state index in [0.717, 1.165) is 19.3 Å². The van der Waals surface area contributed by atoms with Crippen LogP contribution in [0.3, 0.4) is 0 Å². The van der Waals surface area contributed by atoms with E-state index in [1.807, 2.05) is 13.0 Å². The van der Waals surface area contributed by atoms with Crippen LogP contribution in [0, 0.1) is 5.41 Å². The molecule has 0 heterocycles. The van der Waals surface area contributed by atoms with Gasteiger partial charge in [0.2, 0.25) is 5.91 Å². The van der Waals surface area contributed by atoms with Crippen molar-refractivity contribution in [1.82, 2.24) is 0 Å². The molecule has 0 saturated carbocycles. The molecule has 2 heteroatoms. The van der Waals surface area contributed by atoms with Crippen molar-refractivity contribution in [3.63, 3.8) is 0 Å². The van der Waals surface area contributed by atoms with Gasteiger partial charge in [-0.25, -0.2) is 0 Å². The minimum atomic E-state index is -0.269. The van der Waals surface area contributed by atoms with Gasteiger partial charge in [-0.15, -0.1) is 0 Å². The second-order valence-corrected chi connectivity index (χ2v) is 3.14. The highest BCUT2D eigenvalue weighted by Crippen LogP contribution is 2.31. The first kappa shape index (κ1) is 7.32. The van der Waals surface area contributed by atoms with Crippen molar-refractivity contribution in [3.8, 4) is 0 Å². The summed E-state index contributed by atoms with van der Waals surface area (Å²) in [5.41, 5.74) is 4.96. The Kier molecular flexibility index (Phi) is 1.79. The predicted molar refractivity (Wildman–Crippen MR) is 40.3 cm³/mol. The fourth-order valence-electron chi connectivity index (χ4n) is 1.19. The predicted octanol–water partition coefficient (Wildman–Crippen LogP) is 1.22. The number of amides is 1. The maximum absolute atomic E-state index is 10.9. The third kappa shape index (κ3) is 1.20. The minimum absolute atomic E-state index is 0.170. The highest BCUT2D eigenvalue weighted by molar-refractivity contribution is 5.80. The number of nitrogens with two attached hydrogens (primary N) is 1. The van der Waals surface area contributed by atoms with E-state index in [9.17, 15) is 4.79 Å². The van der Waals surface area contributed by atoms with Crippen molar-refractivity contribution in [2.45, 2.75) is 26.2 Å². The zero-order chi connectivity index (χ0) is 7.61. The first-order chi connectivity index (χ1) is 4.65. The fraction of sp³-hybridized carbons (Fsp3) is 0.625. The summed E-state index contributed by atoms with van der Waals surface area (Å²) < 4.78 is 0. The molecule has 0 fully saturated rings. The van der Waals surface area contributed by atoms with Crippen molar-refractivity contribution in [2.75, 3.05) is 0 Å². The Hall–Kier alpha value is -0.790. The number of primary amides is 1. The van der Waals surface area contributed by atoms with Gasteiger partial charge in [-0.05, 0) is 19.3 Å². The number of hydrogen-bond acceptors (Lipinski definition) is 1. The number of carbonyl (C=O) groups excluding carboxylic acids is 1. The molecule has 0 aromatic rings. The fourth-order valence-corrected chi connectivity index (χ4v) is 1.19. The number of allylic oxidation sites excluding steroid dienone is 2. The first-order valence-electron chi connectivity index (χ1n) is 3.60. The van der Waals surface area contributed by atoms with Crippen molar-refractivity contribution in [1.29, 1.82) is 0 Å². The lowest BCUT2D eigenvalue weighted by molar-refractivity contribution is -0.127. The third-order valence-electron chi connectivity index (χ3n) is 2.19. The normalized spacial score (nSPS) is 32.1. The molecule has 0 aromatic carbocycles.